The summed E-state index contributed by atoms with van der Waals surface area (Å²) in [5.74, 6) is -0.198. The number of hydrogen-bond donors (Lipinski definition) is 1. The van der Waals surface area contributed by atoms with Crippen LogP contribution in [0.1, 0.15) is 29.6 Å². The number of pyridine rings is 1. The van der Waals surface area contributed by atoms with Gasteiger partial charge in [0.2, 0.25) is 0 Å². The molecule has 104 valence electrons. The predicted octanol–water partition coefficient (Wildman–Crippen LogP) is 2.60. The fraction of sp³-hybridized carbons (Fsp3) is 0.538. The topological polar surface area (TPSA) is 45.2 Å². The molecule has 0 radical (unpaired) electrons. The van der Waals surface area contributed by atoms with Crippen molar-refractivity contribution in [3.63, 3.8) is 0 Å². The lowest BCUT2D eigenvalue weighted by Gasteiger charge is -2.14. The van der Waals surface area contributed by atoms with Crippen molar-refractivity contribution >= 4 is 29.1 Å². The average molecular weight is 302 g/mol. The first kappa shape index (κ1) is 14.6. The molecule has 0 bridgehead atoms. The van der Waals surface area contributed by atoms with Crippen molar-refractivity contribution in [1.82, 2.24) is 15.2 Å². The number of carbonyl (C=O) groups is 1. The first-order chi connectivity index (χ1) is 9.16. The smallest absolute Gasteiger partial charge is 0.252 e. The van der Waals surface area contributed by atoms with Crippen molar-refractivity contribution in [3.8, 4) is 0 Å². The number of rotatable bonds is 5. The zero-order valence-electron chi connectivity index (χ0n) is 10.7. The van der Waals surface area contributed by atoms with Gasteiger partial charge in [0, 0.05) is 12.7 Å². The van der Waals surface area contributed by atoms with Gasteiger partial charge in [-0.25, -0.2) is 4.98 Å². The Morgan fingerprint density at radius 2 is 2.11 bits per heavy atom. The molecule has 6 heteroatoms. The Kier molecular flexibility index (Phi) is 5.43. The second kappa shape index (κ2) is 7.08. The Labute approximate surface area is 123 Å². The summed E-state index contributed by atoms with van der Waals surface area (Å²) in [4.78, 5) is 18.2. The summed E-state index contributed by atoms with van der Waals surface area (Å²) in [6, 6.07) is 1.49. The average Bonchev–Trinajstić information content (AvgIpc) is 2.90. The van der Waals surface area contributed by atoms with Crippen molar-refractivity contribution in [1.29, 1.82) is 0 Å². The summed E-state index contributed by atoms with van der Waals surface area (Å²) in [6.45, 7) is 4.04. The monoisotopic (exact) mass is 301 g/mol. The minimum Gasteiger partial charge on any atom is -0.352 e. The number of amides is 1. The summed E-state index contributed by atoms with van der Waals surface area (Å²) in [5.41, 5.74) is 0.378. The zero-order valence-corrected chi connectivity index (χ0v) is 12.2. The standard InChI is InChI=1S/C13H17Cl2N3O/c14-11-9-17-12(15)8-10(11)13(19)16-4-3-7-18-5-1-2-6-18/h8-9H,1-7H2,(H,16,19). The lowest BCUT2D eigenvalue weighted by molar-refractivity contribution is 0.0952. The zero-order chi connectivity index (χ0) is 13.7. The molecule has 19 heavy (non-hydrogen) atoms. The summed E-state index contributed by atoms with van der Waals surface area (Å²) >= 11 is 11.7. The first-order valence-corrected chi connectivity index (χ1v) is 7.24. The molecule has 1 fully saturated rings. The number of nitrogens with zero attached hydrogens (tertiary/aromatic N) is 2. The maximum Gasteiger partial charge on any atom is 0.252 e. The highest BCUT2D eigenvalue weighted by atomic mass is 35.5. The van der Waals surface area contributed by atoms with Gasteiger partial charge in [0.25, 0.3) is 5.91 Å². The van der Waals surface area contributed by atoms with Crippen LogP contribution >= 0.6 is 23.2 Å². The van der Waals surface area contributed by atoms with Gasteiger partial charge in [0.15, 0.2) is 0 Å². The normalized spacial score (nSPS) is 15.7. The molecule has 0 aliphatic carbocycles. The molecular weight excluding hydrogens is 285 g/mol. The van der Waals surface area contributed by atoms with Gasteiger partial charge in [-0.2, -0.15) is 0 Å². The highest BCUT2D eigenvalue weighted by Gasteiger charge is 2.13. The maximum atomic E-state index is 11.9. The third-order valence-corrected chi connectivity index (χ3v) is 3.71. The van der Waals surface area contributed by atoms with Crippen LogP contribution < -0.4 is 5.32 Å². The SMILES string of the molecule is O=C(NCCCN1CCCC1)c1cc(Cl)ncc1Cl. The largest absolute Gasteiger partial charge is 0.352 e. The molecule has 4 nitrogen and oxygen atoms in total. The number of nitrogens with one attached hydrogen (secondary N) is 1. The lowest BCUT2D eigenvalue weighted by Crippen LogP contribution is -2.28. The van der Waals surface area contributed by atoms with Gasteiger partial charge in [0.1, 0.15) is 5.15 Å². The Bertz CT molecular complexity index is 448. The summed E-state index contributed by atoms with van der Waals surface area (Å²) < 4.78 is 0. The minimum absolute atomic E-state index is 0.198. The van der Waals surface area contributed by atoms with Crippen LogP contribution in [-0.2, 0) is 0 Å². The van der Waals surface area contributed by atoms with E-state index in [1.807, 2.05) is 0 Å². The summed E-state index contributed by atoms with van der Waals surface area (Å²) in [7, 11) is 0. The number of halogens is 2. The van der Waals surface area contributed by atoms with Crippen LogP contribution in [-0.4, -0.2) is 42.0 Å². The molecule has 0 saturated carbocycles. The number of hydrogen-bond acceptors (Lipinski definition) is 3. The second-order valence-electron chi connectivity index (χ2n) is 4.65. The third-order valence-electron chi connectivity index (χ3n) is 3.20. The Hall–Kier alpha value is -0.840. The molecule has 1 aromatic heterocycles. The lowest BCUT2D eigenvalue weighted by atomic mass is 10.2. The van der Waals surface area contributed by atoms with Crippen molar-refractivity contribution in [2.45, 2.75) is 19.3 Å². The van der Waals surface area contributed by atoms with Crippen LogP contribution in [0.2, 0.25) is 10.2 Å². The highest BCUT2D eigenvalue weighted by Crippen LogP contribution is 2.17. The van der Waals surface area contributed by atoms with Gasteiger partial charge in [-0.3, -0.25) is 4.79 Å². The van der Waals surface area contributed by atoms with E-state index in [0.29, 0.717) is 17.1 Å². The maximum absolute atomic E-state index is 11.9. The molecule has 0 spiro atoms. The van der Waals surface area contributed by atoms with E-state index in [-0.39, 0.29) is 11.1 Å². The first-order valence-electron chi connectivity index (χ1n) is 6.48. The highest BCUT2D eigenvalue weighted by molar-refractivity contribution is 6.35. The molecule has 0 aromatic carbocycles. The molecule has 1 aromatic rings. The third kappa shape index (κ3) is 4.34. The predicted molar refractivity (Wildman–Crippen MR) is 76.9 cm³/mol. The van der Waals surface area contributed by atoms with Crippen LogP contribution in [0.3, 0.4) is 0 Å². The summed E-state index contributed by atoms with van der Waals surface area (Å²) in [6.07, 6.45) is 4.92. The van der Waals surface area contributed by atoms with Gasteiger partial charge in [-0.05, 0) is 45.0 Å². The summed E-state index contributed by atoms with van der Waals surface area (Å²) in [5, 5.41) is 3.45. The van der Waals surface area contributed by atoms with Gasteiger partial charge in [-0.15, -0.1) is 0 Å². The van der Waals surface area contributed by atoms with Crippen LogP contribution in [0.25, 0.3) is 0 Å². The molecule has 0 atom stereocenters. The van der Waals surface area contributed by atoms with E-state index < -0.39 is 0 Å². The van der Waals surface area contributed by atoms with Gasteiger partial charge >= 0.3 is 0 Å². The Morgan fingerprint density at radius 1 is 1.37 bits per heavy atom. The Morgan fingerprint density at radius 3 is 2.84 bits per heavy atom. The van der Waals surface area contributed by atoms with E-state index in [0.717, 1.165) is 13.0 Å². The molecule has 2 heterocycles. The van der Waals surface area contributed by atoms with Crippen molar-refractivity contribution < 1.29 is 4.79 Å². The van der Waals surface area contributed by atoms with E-state index in [4.69, 9.17) is 23.2 Å². The van der Waals surface area contributed by atoms with E-state index in [1.54, 1.807) is 0 Å². The van der Waals surface area contributed by atoms with Gasteiger partial charge < -0.3 is 10.2 Å². The molecule has 1 saturated heterocycles. The van der Waals surface area contributed by atoms with Crippen LogP contribution in [0.15, 0.2) is 12.3 Å². The van der Waals surface area contributed by atoms with Crippen LogP contribution in [0.4, 0.5) is 0 Å². The molecule has 1 N–H and O–H groups in total. The second-order valence-corrected chi connectivity index (χ2v) is 5.44. The van der Waals surface area contributed by atoms with E-state index >= 15 is 0 Å². The fourth-order valence-electron chi connectivity index (χ4n) is 2.19. The number of aromatic nitrogens is 1. The number of likely N-dealkylation sites (tertiary alicyclic amines) is 1. The van der Waals surface area contributed by atoms with Gasteiger partial charge in [-0.1, -0.05) is 23.2 Å². The minimum atomic E-state index is -0.198. The van der Waals surface area contributed by atoms with E-state index in [9.17, 15) is 4.79 Å². The quantitative estimate of drug-likeness (QED) is 0.672. The van der Waals surface area contributed by atoms with Crippen LogP contribution in [0.5, 0.6) is 0 Å². The van der Waals surface area contributed by atoms with E-state index in [1.165, 1.54) is 38.2 Å². The van der Waals surface area contributed by atoms with Crippen molar-refractivity contribution in [2.75, 3.05) is 26.2 Å². The molecular formula is C13H17Cl2N3O. The Balaban J connectivity index is 1.75. The van der Waals surface area contributed by atoms with E-state index in [2.05, 4.69) is 15.2 Å². The van der Waals surface area contributed by atoms with Crippen molar-refractivity contribution in [2.24, 2.45) is 0 Å². The molecule has 1 aliphatic heterocycles. The number of carbonyl (C=O) groups excluding carboxylic acids is 1. The van der Waals surface area contributed by atoms with Crippen LogP contribution in [0, 0.1) is 0 Å². The fourth-order valence-corrected chi connectivity index (χ4v) is 2.54. The molecule has 0 unspecified atom stereocenters. The van der Waals surface area contributed by atoms with Crippen molar-refractivity contribution in [3.05, 3.63) is 28.0 Å². The van der Waals surface area contributed by atoms with Gasteiger partial charge in [0.05, 0.1) is 10.6 Å². The molecule has 2 rings (SSSR count). The molecule has 1 aliphatic rings. The molecule has 1 amide bonds.